The van der Waals surface area contributed by atoms with Crippen LogP contribution in [0.4, 0.5) is 0 Å². The Labute approximate surface area is 124 Å². The predicted octanol–water partition coefficient (Wildman–Crippen LogP) is 3.39. The lowest BCUT2D eigenvalue weighted by molar-refractivity contribution is 0.0687. The van der Waals surface area contributed by atoms with Gasteiger partial charge in [-0.3, -0.25) is 0 Å². The van der Waals surface area contributed by atoms with Crippen LogP contribution in [0.5, 0.6) is 0 Å². The predicted molar refractivity (Wildman–Crippen MR) is 81.1 cm³/mol. The second kappa shape index (κ2) is 5.31. The van der Waals surface area contributed by atoms with Crippen molar-refractivity contribution in [2.24, 2.45) is 0 Å². The zero-order chi connectivity index (χ0) is 15.8. The van der Waals surface area contributed by atoms with E-state index in [9.17, 15) is 9.90 Å². The van der Waals surface area contributed by atoms with Crippen molar-refractivity contribution in [3.63, 3.8) is 0 Å². The fourth-order valence-corrected chi connectivity index (χ4v) is 2.30. The molecule has 112 valence electrons. The third-order valence-corrected chi connectivity index (χ3v) is 3.36. The molecular weight excluding hydrogens is 266 g/mol. The number of rotatable bonds is 3. The Kier molecular flexibility index (Phi) is 3.85. The highest BCUT2D eigenvalue weighted by Gasteiger charge is 2.29. The summed E-state index contributed by atoms with van der Waals surface area (Å²) in [6.45, 7) is 10.1. The number of hydrogen-bond acceptors (Lipinski definition) is 3. The molecule has 0 amide bonds. The standard InChI is InChI=1S/C16H21N3O2/c1-10(2)11-7-6-8-12(9-11)19-14(16(3,4)5)13(15(20)21)17-18-19/h6-10H,1-5H3,(H,20,21). The van der Waals surface area contributed by atoms with Crippen LogP contribution in [0.25, 0.3) is 5.69 Å². The Morgan fingerprint density at radius 1 is 1.29 bits per heavy atom. The van der Waals surface area contributed by atoms with Crippen molar-refractivity contribution in [2.75, 3.05) is 0 Å². The third kappa shape index (κ3) is 2.96. The minimum absolute atomic E-state index is 0.0115. The van der Waals surface area contributed by atoms with Gasteiger partial charge in [0.05, 0.1) is 11.4 Å². The van der Waals surface area contributed by atoms with Crippen molar-refractivity contribution in [1.29, 1.82) is 0 Å². The molecule has 0 aliphatic heterocycles. The van der Waals surface area contributed by atoms with E-state index in [2.05, 4.69) is 30.2 Å². The van der Waals surface area contributed by atoms with E-state index in [1.54, 1.807) is 4.68 Å². The van der Waals surface area contributed by atoms with Gasteiger partial charge in [-0.1, -0.05) is 52.0 Å². The fraction of sp³-hybridized carbons (Fsp3) is 0.438. The SMILES string of the molecule is CC(C)c1cccc(-n2nnc(C(=O)O)c2C(C)(C)C)c1. The van der Waals surface area contributed by atoms with Gasteiger partial charge in [-0.2, -0.15) is 0 Å². The first-order valence-corrected chi connectivity index (χ1v) is 7.01. The summed E-state index contributed by atoms with van der Waals surface area (Å²) in [6.07, 6.45) is 0. The van der Waals surface area contributed by atoms with Crippen molar-refractivity contribution in [3.8, 4) is 5.69 Å². The number of benzene rings is 1. The molecule has 5 nitrogen and oxygen atoms in total. The maximum Gasteiger partial charge on any atom is 0.358 e. The molecule has 0 saturated heterocycles. The summed E-state index contributed by atoms with van der Waals surface area (Å²) in [5, 5.41) is 17.2. The second-order valence-electron chi connectivity index (χ2n) is 6.50. The number of aromatic carboxylic acids is 1. The minimum Gasteiger partial charge on any atom is -0.476 e. The normalized spacial score (nSPS) is 11.9. The largest absolute Gasteiger partial charge is 0.476 e. The maximum absolute atomic E-state index is 11.4. The number of carboxylic acid groups (broad SMARTS) is 1. The molecule has 0 atom stereocenters. The summed E-state index contributed by atoms with van der Waals surface area (Å²) in [5.41, 5.74) is 2.27. The first-order valence-electron chi connectivity index (χ1n) is 7.01. The number of aromatic nitrogens is 3. The Morgan fingerprint density at radius 3 is 2.48 bits per heavy atom. The monoisotopic (exact) mass is 287 g/mol. The van der Waals surface area contributed by atoms with Crippen LogP contribution < -0.4 is 0 Å². The summed E-state index contributed by atoms with van der Waals surface area (Å²) < 4.78 is 1.63. The molecule has 0 saturated carbocycles. The average molecular weight is 287 g/mol. The molecule has 2 aromatic rings. The van der Waals surface area contributed by atoms with E-state index in [0.29, 0.717) is 11.6 Å². The summed E-state index contributed by atoms with van der Waals surface area (Å²) in [6, 6.07) is 7.96. The van der Waals surface area contributed by atoms with Crippen LogP contribution in [0, 0.1) is 0 Å². The third-order valence-electron chi connectivity index (χ3n) is 3.36. The molecular formula is C16H21N3O2. The average Bonchev–Trinajstić information content (AvgIpc) is 2.83. The molecule has 21 heavy (non-hydrogen) atoms. The highest BCUT2D eigenvalue weighted by molar-refractivity contribution is 5.87. The van der Waals surface area contributed by atoms with Crippen molar-refractivity contribution in [2.45, 2.75) is 46.0 Å². The Morgan fingerprint density at radius 2 is 1.95 bits per heavy atom. The number of carbonyl (C=O) groups is 1. The lowest BCUT2D eigenvalue weighted by atomic mass is 9.90. The van der Waals surface area contributed by atoms with E-state index < -0.39 is 5.97 Å². The van der Waals surface area contributed by atoms with Crippen LogP contribution in [0.2, 0.25) is 0 Å². The van der Waals surface area contributed by atoms with Crippen molar-refractivity contribution in [1.82, 2.24) is 15.0 Å². The summed E-state index contributed by atoms with van der Waals surface area (Å²) in [5.74, 6) is -0.656. The Hall–Kier alpha value is -2.17. The number of nitrogens with zero attached hydrogens (tertiary/aromatic N) is 3. The maximum atomic E-state index is 11.4. The molecule has 5 heteroatoms. The van der Waals surface area contributed by atoms with E-state index in [1.165, 1.54) is 5.56 Å². The van der Waals surface area contributed by atoms with E-state index in [4.69, 9.17) is 0 Å². The van der Waals surface area contributed by atoms with Gasteiger partial charge in [0.2, 0.25) is 0 Å². The van der Waals surface area contributed by atoms with E-state index in [1.807, 2.05) is 39.0 Å². The summed E-state index contributed by atoms with van der Waals surface area (Å²) >= 11 is 0. The van der Waals surface area contributed by atoms with Gasteiger partial charge in [-0.25, -0.2) is 9.48 Å². The van der Waals surface area contributed by atoms with Crippen LogP contribution in [-0.2, 0) is 5.41 Å². The quantitative estimate of drug-likeness (QED) is 0.939. The van der Waals surface area contributed by atoms with Gasteiger partial charge in [-0.15, -0.1) is 5.10 Å². The first kappa shape index (κ1) is 15.2. The summed E-state index contributed by atoms with van der Waals surface area (Å²) in [4.78, 5) is 11.4. The Bertz CT molecular complexity index is 666. The minimum atomic E-state index is -1.05. The van der Waals surface area contributed by atoms with E-state index >= 15 is 0 Å². The zero-order valence-electron chi connectivity index (χ0n) is 13.1. The van der Waals surface area contributed by atoms with E-state index in [-0.39, 0.29) is 11.1 Å². The Balaban J connectivity index is 2.65. The second-order valence-corrected chi connectivity index (χ2v) is 6.50. The smallest absolute Gasteiger partial charge is 0.358 e. The van der Waals surface area contributed by atoms with Crippen molar-refractivity contribution in [3.05, 3.63) is 41.2 Å². The van der Waals surface area contributed by atoms with Gasteiger partial charge >= 0.3 is 5.97 Å². The molecule has 0 radical (unpaired) electrons. The highest BCUT2D eigenvalue weighted by atomic mass is 16.4. The lowest BCUT2D eigenvalue weighted by Gasteiger charge is -2.20. The molecule has 0 spiro atoms. The molecule has 0 fully saturated rings. The molecule has 1 aromatic carbocycles. The van der Waals surface area contributed by atoms with Crippen LogP contribution in [-0.4, -0.2) is 26.1 Å². The molecule has 1 N–H and O–H groups in total. The van der Waals surface area contributed by atoms with E-state index in [0.717, 1.165) is 5.69 Å². The molecule has 0 aliphatic rings. The summed E-state index contributed by atoms with van der Waals surface area (Å²) in [7, 11) is 0. The number of carboxylic acids is 1. The fourth-order valence-electron chi connectivity index (χ4n) is 2.30. The van der Waals surface area contributed by atoms with Gasteiger partial charge in [0, 0.05) is 5.41 Å². The van der Waals surface area contributed by atoms with Gasteiger partial charge in [0.25, 0.3) is 0 Å². The molecule has 1 aromatic heterocycles. The van der Waals surface area contributed by atoms with Gasteiger partial charge in [-0.05, 0) is 23.6 Å². The molecule has 2 rings (SSSR count). The number of hydrogen-bond donors (Lipinski definition) is 1. The lowest BCUT2D eigenvalue weighted by Crippen LogP contribution is -2.21. The molecule has 0 bridgehead atoms. The van der Waals surface area contributed by atoms with Gasteiger partial charge in [0.15, 0.2) is 5.69 Å². The molecule has 0 aliphatic carbocycles. The molecule has 0 unspecified atom stereocenters. The van der Waals surface area contributed by atoms with Gasteiger partial charge in [0.1, 0.15) is 0 Å². The van der Waals surface area contributed by atoms with Crippen molar-refractivity contribution >= 4 is 5.97 Å². The first-order chi connectivity index (χ1) is 9.71. The van der Waals surface area contributed by atoms with Crippen LogP contribution in [0.1, 0.15) is 62.3 Å². The van der Waals surface area contributed by atoms with Gasteiger partial charge < -0.3 is 5.11 Å². The molecule has 1 heterocycles. The highest BCUT2D eigenvalue weighted by Crippen LogP contribution is 2.28. The van der Waals surface area contributed by atoms with Crippen LogP contribution >= 0.6 is 0 Å². The zero-order valence-corrected chi connectivity index (χ0v) is 13.1. The topological polar surface area (TPSA) is 68.0 Å². The van der Waals surface area contributed by atoms with Crippen LogP contribution in [0.15, 0.2) is 24.3 Å². The van der Waals surface area contributed by atoms with Crippen molar-refractivity contribution < 1.29 is 9.90 Å². The van der Waals surface area contributed by atoms with Crippen LogP contribution in [0.3, 0.4) is 0 Å².